The Hall–Kier alpha value is -5.23. The number of imidazole rings is 1. The number of carbonyl (C=O) groups excluding carboxylic acids is 2. The molecule has 0 spiro atoms. The summed E-state index contributed by atoms with van der Waals surface area (Å²) in [5, 5.41) is 0. The van der Waals surface area contributed by atoms with Crippen LogP contribution < -0.4 is 14.2 Å². The van der Waals surface area contributed by atoms with Crippen LogP contribution in [0.4, 0.5) is 8.78 Å². The van der Waals surface area contributed by atoms with E-state index >= 15 is 4.39 Å². The summed E-state index contributed by atoms with van der Waals surface area (Å²) in [7, 11) is 4.47. The molecular weight excluding hydrogens is 670 g/mol. The summed E-state index contributed by atoms with van der Waals surface area (Å²) in [5.41, 5.74) is 1.66. The molecule has 0 saturated carbocycles. The highest BCUT2D eigenvalue weighted by atomic mass is 19.1. The van der Waals surface area contributed by atoms with Gasteiger partial charge in [-0.1, -0.05) is 18.2 Å². The zero-order valence-corrected chi connectivity index (χ0v) is 29.6. The van der Waals surface area contributed by atoms with Crippen molar-refractivity contribution in [3.8, 4) is 17.2 Å². The van der Waals surface area contributed by atoms with Gasteiger partial charge >= 0.3 is 0 Å². The van der Waals surface area contributed by atoms with E-state index in [1.807, 2.05) is 41.0 Å². The Labute approximate surface area is 300 Å². The molecule has 2 aliphatic rings. The maximum Gasteiger partial charge on any atom is 0.254 e. The van der Waals surface area contributed by atoms with Gasteiger partial charge in [-0.25, -0.2) is 13.8 Å². The lowest BCUT2D eigenvalue weighted by Gasteiger charge is -2.36. The number of benzene rings is 3. The first-order chi connectivity index (χ1) is 25.2. The van der Waals surface area contributed by atoms with Gasteiger partial charge in [0.1, 0.15) is 17.4 Å². The number of hydrogen-bond acceptors (Lipinski definition) is 8. The van der Waals surface area contributed by atoms with Crippen LogP contribution in [0.1, 0.15) is 58.0 Å². The third kappa shape index (κ3) is 6.74. The van der Waals surface area contributed by atoms with Crippen LogP contribution in [0.15, 0.2) is 77.4 Å². The SMILES string of the molecule is COc1cc(C(=O)N2CCC(CCN3CCC(C(=O)c4nc5ccccc5n4Cc4ccco4)CC3)(c3ccc(F)cc3F)C2)cc(OC)c1OC. The second kappa shape index (κ2) is 14.8. The smallest absolute Gasteiger partial charge is 0.254 e. The van der Waals surface area contributed by atoms with E-state index in [-0.39, 0.29) is 24.2 Å². The number of nitrogens with zero attached hydrogens (tertiary/aromatic N) is 4. The molecule has 0 N–H and O–H groups in total. The molecule has 2 saturated heterocycles. The number of halogens is 2. The van der Waals surface area contributed by atoms with Gasteiger partial charge in [0.05, 0.1) is 45.2 Å². The highest BCUT2D eigenvalue weighted by Gasteiger charge is 2.44. The van der Waals surface area contributed by atoms with Crippen molar-refractivity contribution < 1.29 is 37.0 Å². The number of para-hydroxylation sites is 2. The van der Waals surface area contributed by atoms with Crippen molar-refractivity contribution in [1.82, 2.24) is 19.4 Å². The normalized spacial score (nSPS) is 18.2. The number of hydrogen-bond donors (Lipinski definition) is 0. The van der Waals surface area contributed by atoms with Crippen LogP contribution in [0.25, 0.3) is 11.0 Å². The van der Waals surface area contributed by atoms with Gasteiger partial charge in [0.15, 0.2) is 17.3 Å². The van der Waals surface area contributed by atoms with E-state index < -0.39 is 17.0 Å². The van der Waals surface area contributed by atoms with Gasteiger partial charge in [0, 0.05) is 36.1 Å². The molecule has 2 aromatic heterocycles. The van der Waals surface area contributed by atoms with Crippen LogP contribution >= 0.6 is 0 Å². The number of amides is 1. The molecule has 4 heterocycles. The van der Waals surface area contributed by atoms with Gasteiger partial charge in [-0.15, -0.1) is 0 Å². The number of ketones is 1. The van der Waals surface area contributed by atoms with Crippen molar-refractivity contribution in [3.63, 3.8) is 0 Å². The summed E-state index contributed by atoms with van der Waals surface area (Å²) in [5.74, 6) is 0.583. The Morgan fingerprint density at radius 2 is 1.67 bits per heavy atom. The van der Waals surface area contributed by atoms with Crippen molar-refractivity contribution >= 4 is 22.7 Å². The number of fused-ring (bicyclic) bond motifs is 1. The maximum atomic E-state index is 15.5. The number of carbonyl (C=O) groups is 2. The maximum absolute atomic E-state index is 15.5. The average Bonchev–Trinajstić information content (AvgIpc) is 3.93. The highest BCUT2D eigenvalue weighted by Crippen LogP contribution is 2.42. The molecule has 0 aliphatic carbocycles. The van der Waals surface area contributed by atoms with Crippen LogP contribution in [0.2, 0.25) is 0 Å². The van der Waals surface area contributed by atoms with E-state index in [1.165, 1.54) is 33.5 Å². The van der Waals surface area contributed by atoms with E-state index in [0.717, 1.165) is 22.9 Å². The monoisotopic (exact) mass is 712 g/mol. The van der Waals surface area contributed by atoms with E-state index in [1.54, 1.807) is 23.3 Å². The average molecular weight is 713 g/mol. The lowest BCUT2D eigenvalue weighted by Crippen LogP contribution is -2.41. The summed E-state index contributed by atoms with van der Waals surface area (Å²) in [4.78, 5) is 36.6. The van der Waals surface area contributed by atoms with Gasteiger partial charge in [-0.3, -0.25) is 9.59 Å². The second-order valence-electron chi connectivity index (χ2n) is 13.6. The summed E-state index contributed by atoms with van der Waals surface area (Å²) in [6.45, 7) is 3.05. The predicted octanol–water partition coefficient (Wildman–Crippen LogP) is 6.75. The molecular formula is C40H42F2N4O6. The van der Waals surface area contributed by atoms with E-state index in [0.29, 0.717) is 92.6 Å². The Morgan fingerprint density at radius 1 is 0.923 bits per heavy atom. The van der Waals surface area contributed by atoms with Crippen molar-refractivity contribution in [1.29, 1.82) is 0 Å². The van der Waals surface area contributed by atoms with E-state index in [4.69, 9.17) is 23.6 Å². The van der Waals surface area contributed by atoms with Crippen LogP contribution in [0.3, 0.4) is 0 Å². The molecule has 3 aromatic carbocycles. The molecule has 1 atom stereocenters. The number of likely N-dealkylation sites (tertiary alicyclic amines) is 2. The van der Waals surface area contributed by atoms with Crippen molar-refractivity contribution in [2.75, 3.05) is 54.1 Å². The van der Waals surface area contributed by atoms with Crippen molar-refractivity contribution in [2.24, 2.45) is 5.92 Å². The molecule has 0 radical (unpaired) electrons. The van der Waals surface area contributed by atoms with Crippen LogP contribution in [0.5, 0.6) is 17.2 Å². The molecule has 5 aromatic rings. The standard InChI is InChI=1S/C40H42F2N4O6/c1-49-34-21-27(22-35(50-2)37(34)51-3)39(48)45-19-15-40(25-45,30-11-10-28(41)23-31(30)42)14-18-44-16-12-26(13-17-44)36(47)38-43-32-8-4-5-9-33(32)46(38)24-29-7-6-20-52-29/h4-11,20-23,26H,12-19,24-25H2,1-3H3. The topological polar surface area (TPSA) is 99.3 Å². The van der Waals surface area contributed by atoms with Gasteiger partial charge in [0.25, 0.3) is 5.91 Å². The minimum Gasteiger partial charge on any atom is -0.493 e. The van der Waals surface area contributed by atoms with Crippen molar-refractivity contribution in [3.05, 3.63) is 107 Å². The summed E-state index contributed by atoms with van der Waals surface area (Å²) >= 11 is 0. The lowest BCUT2D eigenvalue weighted by atomic mass is 9.76. The third-order valence-corrected chi connectivity index (χ3v) is 10.7. The largest absolute Gasteiger partial charge is 0.493 e. The van der Waals surface area contributed by atoms with Gasteiger partial charge in [-0.2, -0.15) is 0 Å². The Balaban J connectivity index is 1.06. The van der Waals surface area contributed by atoms with Gasteiger partial charge < -0.3 is 33.0 Å². The zero-order valence-electron chi connectivity index (χ0n) is 29.6. The number of ether oxygens (including phenoxy) is 3. The summed E-state index contributed by atoms with van der Waals surface area (Å²) < 4.78 is 53.5. The molecule has 10 nitrogen and oxygen atoms in total. The summed E-state index contributed by atoms with van der Waals surface area (Å²) in [6.07, 6.45) is 3.99. The minimum absolute atomic E-state index is 0.0176. The molecule has 12 heteroatoms. The van der Waals surface area contributed by atoms with E-state index in [9.17, 15) is 14.0 Å². The number of aromatic nitrogens is 2. The molecule has 1 unspecified atom stereocenters. The number of piperidine rings is 1. The molecule has 52 heavy (non-hydrogen) atoms. The third-order valence-electron chi connectivity index (χ3n) is 10.7. The van der Waals surface area contributed by atoms with Gasteiger partial charge in [0.2, 0.25) is 11.5 Å². The van der Waals surface area contributed by atoms with Crippen LogP contribution in [0, 0.1) is 17.6 Å². The van der Waals surface area contributed by atoms with Crippen LogP contribution in [-0.4, -0.2) is 85.1 Å². The van der Waals surface area contributed by atoms with E-state index in [2.05, 4.69) is 4.90 Å². The Morgan fingerprint density at radius 3 is 2.35 bits per heavy atom. The Kier molecular flexibility index (Phi) is 10.0. The van der Waals surface area contributed by atoms with Gasteiger partial charge in [-0.05, 0) is 93.3 Å². The molecule has 7 rings (SSSR count). The fourth-order valence-electron chi connectivity index (χ4n) is 7.87. The highest BCUT2D eigenvalue weighted by molar-refractivity contribution is 5.98. The molecule has 1 amide bonds. The van der Waals surface area contributed by atoms with Crippen molar-refractivity contribution in [2.45, 2.75) is 37.6 Å². The van der Waals surface area contributed by atoms with Crippen LogP contribution in [-0.2, 0) is 12.0 Å². The first-order valence-electron chi connectivity index (χ1n) is 17.5. The fraction of sp³-hybridized carbons (Fsp3) is 0.375. The Bertz CT molecular complexity index is 2050. The minimum atomic E-state index is -0.739. The molecule has 2 fully saturated rings. The number of methoxy groups -OCH3 is 3. The molecule has 272 valence electrons. The number of rotatable bonds is 12. The predicted molar refractivity (Wildman–Crippen MR) is 190 cm³/mol. The quantitative estimate of drug-likeness (QED) is 0.131. The second-order valence-corrected chi connectivity index (χ2v) is 13.6. The molecule has 0 bridgehead atoms. The lowest BCUT2D eigenvalue weighted by molar-refractivity contribution is 0.0777. The number of furan rings is 1. The first kappa shape index (κ1) is 35.2. The summed E-state index contributed by atoms with van der Waals surface area (Å²) in [6, 6.07) is 18.4. The zero-order chi connectivity index (χ0) is 36.4. The fourth-order valence-corrected chi connectivity index (χ4v) is 7.87. The molecule has 2 aliphatic heterocycles. The number of Topliss-reactive ketones (excluding diaryl/α,β-unsaturated/α-hetero) is 1. The first-order valence-corrected chi connectivity index (χ1v) is 17.5.